The largest absolute Gasteiger partial charge is 0.497 e. The molecule has 0 N–H and O–H groups in total. The minimum Gasteiger partial charge on any atom is -0.497 e. The summed E-state index contributed by atoms with van der Waals surface area (Å²) in [6.07, 6.45) is 0. The lowest BCUT2D eigenvalue weighted by Crippen LogP contribution is -2.05. The normalized spacial score (nSPS) is 10.2. The van der Waals surface area contributed by atoms with E-state index in [2.05, 4.69) is 0 Å². The number of rotatable bonds is 5. The van der Waals surface area contributed by atoms with Crippen molar-refractivity contribution in [2.45, 2.75) is 16.7 Å². The van der Waals surface area contributed by atoms with Crippen LogP contribution in [0.1, 0.15) is 15.9 Å². The second-order valence-electron chi connectivity index (χ2n) is 4.64. The van der Waals surface area contributed by atoms with Crippen molar-refractivity contribution in [3.05, 3.63) is 57.6 Å². The molecule has 7 heteroatoms. The van der Waals surface area contributed by atoms with E-state index in [4.69, 9.17) is 9.47 Å². The number of benzene rings is 2. The summed E-state index contributed by atoms with van der Waals surface area (Å²) >= 11 is 1.15. The maximum Gasteiger partial charge on any atom is 0.339 e. The van der Waals surface area contributed by atoms with Gasteiger partial charge in [-0.15, -0.1) is 0 Å². The minimum absolute atomic E-state index is 0.139. The van der Waals surface area contributed by atoms with Crippen LogP contribution in [0.2, 0.25) is 0 Å². The van der Waals surface area contributed by atoms with Crippen LogP contribution >= 0.6 is 11.8 Å². The number of hydrogen-bond donors (Lipinski definition) is 0. The van der Waals surface area contributed by atoms with Crippen LogP contribution in [0.5, 0.6) is 5.75 Å². The molecule has 0 saturated carbocycles. The zero-order valence-electron chi connectivity index (χ0n) is 12.9. The highest BCUT2D eigenvalue weighted by Gasteiger charge is 2.23. The van der Waals surface area contributed by atoms with E-state index in [1.54, 1.807) is 19.2 Å². The SMILES string of the molecule is COC(=O)c1cccc([N+](=O)[O-])c1Sc1cc(OC)ccc1C. The van der Waals surface area contributed by atoms with Crippen LogP contribution in [-0.4, -0.2) is 25.1 Å². The summed E-state index contributed by atoms with van der Waals surface area (Å²) in [5.74, 6) is 0.0213. The molecule has 0 fully saturated rings. The Morgan fingerprint density at radius 2 is 1.96 bits per heavy atom. The number of nitrogens with zero attached hydrogens (tertiary/aromatic N) is 1. The van der Waals surface area contributed by atoms with Crippen molar-refractivity contribution >= 4 is 23.4 Å². The molecule has 0 aliphatic rings. The number of ether oxygens (including phenoxy) is 2. The fraction of sp³-hybridized carbons (Fsp3) is 0.188. The van der Waals surface area contributed by atoms with Crippen molar-refractivity contribution < 1.29 is 19.2 Å². The molecular weight excluding hydrogens is 318 g/mol. The number of carbonyl (C=O) groups is 1. The lowest BCUT2D eigenvalue weighted by Gasteiger charge is -2.11. The number of hydrogen-bond acceptors (Lipinski definition) is 6. The van der Waals surface area contributed by atoms with Gasteiger partial charge in [-0.2, -0.15) is 0 Å². The average molecular weight is 333 g/mol. The maximum atomic E-state index is 11.9. The third-order valence-corrected chi connectivity index (χ3v) is 4.50. The molecule has 0 heterocycles. The molecule has 0 saturated heterocycles. The second-order valence-corrected chi connectivity index (χ2v) is 5.69. The number of nitro benzene ring substituents is 1. The summed E-state index contributed by atoms with van der Waals surface area (Å²) in [6, 6.07) is 9.78. The molecule has 0 aromatic heterocycles. The Kier molecular flexibility index (Phi) is 5.23. The monoisotopic (exact) mass is 333 g/mol. The Labute approximate surface area is 137 Å². The number of nitro groups is 1. The van der Waals surface area contributed by atoms with Crippen molar-refractivity contribution in [3.8, 4) is 5.75 Å². The Morgan fingerprint density at radius 1 is 1.22 bits per heavy atom. The highest BCUT2D eigenvalue weighted by molar-refractivity contribution is 7.99. The van der Waals surface area contributed by atoms with Crippen molar-refractivity contribution in [3.63, 3.8) is 0 Å². The second kappa shape index (κ2) is 7.15. The Morgan fingerprint density at radius 3 is 2.57 bits per heavy atom. The first-order chi connectivity index (χ1) is 11.0. The lowest BCUT2D eigenvalue weighted by molar-refractivity contribution is -0.387. The molecular formula is C16H15NO5S. The van der Waals surface area contributed by atoms with Gasteiger partial charge >= 0.3 is 5.97 Å². The van der Waals surface area contributed by atoms with Crippen molar-refractivity contribution in [1.82, 2.24) is 0 Å². The van der Waals surface area contributed by atoms with Gasteiger partial charge in [0, 0.05) is 11.0 Å². The van der Waals surface area contributed by atoms with E-state index in [0.29, 0.717) is 5.75 Å². The van der Waals surface area contributed by atoms with Crippen LogP contribution in [0, 0.1) is 17.0 Å². The Hall–Kier alpha value is -2.54. The fourth-order valence-electron chi connectivity index (χ4n) is 1.97. The zero-order valence-corrected chi connectivity index (χ0v) is 13.7. The lowest BCUT2D eigenvalue weighted by atomic mass is 10.2. The van der Waals surface area contributed by atoms with E-state index in [-0.39, 0.29) is 16.1 Å². The molecule has 0 radical (unpaired) electrons. The van der Waals surface area contributed by atoms with Gasteiger partial charge in [0.15, 0.2) is 0 Å². The quantitative estimate of drug-likeness (QED) is 0.470. The van der Waals surface area contributed by atoms with Gasteiger partial charge < -0.3 is 9.47 Å². The number of esters is 1. The Balaban J connectivity index is 2.57. The van der Waals surface area contributed by atoms with Crippen LogP contribution in [0.4, 0.5) is 5.69 Å². The molecule has 0 amide bonds. The smallest absolute Gasteiger partial charge is 0.339 e. The molecule has 23 heavy (non-hydrogen) atoms. The molecule has 2 rings (SSSR count). The Bertz CT molecular complexity index is 760. The van der Waals surface area contributed by atoms with Crippen LogP contribution in [0.15, 0.2) is 46.2 Å². The summed E-state index contributed by atoms with van der Waals surface area (Å²) in [7, 11) is 2.79. The first-order valence-electron chi connectivity index (χ1n) is 6.66. The molecule has 0 aliphatic heterocycles. The highest BCUT2D eigenvalue weighted by atomic mass is 32.2. The van der Waals surface area contributed by atoms with Crippen molar-refractivity contribution in [2.75, 3.05) is 14.2 Å². The minimum atomic E-state index is -0.614. The van der Waals surface area contributed by atoms with E-state index < -0.39 is 10.9 Å². The first kappa shape index (κ1) is 16.8. The fourth-order valence-corrected chi connectivity index (χ4v) is 3.11. The number of methoxy groups -OCH3 is 2. The number of aryl methyl sites for hydroxylation is 1. The molecule has 0 aliphatic carbocycles. The standard InChI is InChI=1S/C16H15NO5S/c1-10-7-8-11(21-2)9-14(10)23-15-12(16(18)22-3)5-4-6-13(15)17(19)20/h4-9H,1-3H3. The summed E-state index contributed by atoms with van der Waals surface area (Å²) in [5.41, 5.74) is 0.943. The van der Waals surface area contributed by atoms with Crippen LogP contribution in [0.3, 0.4) is 0 Å². The van der Waals surface area contributed by atoms with Gasteiger partial charge in [0.25, 0.3) is 5.69 Å². The van der Waals surface area contributed by atoms with Crippen molar-refractivity contribution in [1.29, 1.82) is 0 Å². The zero-order chi connectivity index (χ0) is 17.0. The average Bonchev–Trinajstić information content (AvgIpc) is 2.56. The molecule has 2 aromatic rings. The first-order valence-corrected chi connectivity index (χ1v) is 7.47. The van der Waals surface area contributed by atoms with E-state index in [1.165, 1.54) is 25.3 Å². The maximum absolute atomic E-state index is 11.9. The van der Waals surface area contributed by atoms with Crippen LogP contribution < -0.4 is 4.74 Å². The van der Waals surface area contributed by atoms with Gasteiger partial charge in [0.05, 0.1) is 24.7 Å². The van der Waals surface area contributed by atoms with Gasteiger partial charge in [-0.05, 0) is 30.7 Å². The van der Waals surface area contributed by atoms with E-state index in [0.717, 1.165) is 22.2 Å². The topological polar surface area (TPSA) is 78.7 Å². The van der Waals surface area contributed by atoms with Gasteiger partial charge in [-0.1, -0.05) is 23.9 Å². The number of carbonyl (C=O) groups excluding carboxylic acids is 1. The predicted octanol–water partition coefficient (Wildman–Crippen LogP) is 3.85. The van der Waals surface area contributed by atoms with Crippen LogP contribution in [-0.2, 0) is 4.74 Å². The van der Waals surface area contributed by atoms with E-state index in [9.17, 15) is 14.9 Å². The van der Waals surface area contributed by atoms with E-state index in [1.807, 2.05) is 13.0 Å². The molecule has 0 spiro atoms. The molecule has 0 unspecified atom stereocenters. The third-order valence-electron chi connectivity index (χ3n) is 3.20. The summed E-state index contributed by atoms with van der Waals surface area (Å²) in [4.78, 5) is 23.7. The summed E-state index contributed by atoms with van der Waals surface area (Å²) in [5, 5.41) is 11.3. The molecule has 0 atom stereocenters. The third kappa shape index (κ3) is 3.62. The molecule has 120 valence electrons. The van der Waals surface area contributed by atoms with Crippen LogP contribution in [0.25, 0.3) is 0 Å². The highest BCUT2D eigenvalue weighted by Crippen LogP contribution is 2.40. The summed E-state index contributed by atoms with van der Waals surface area (Å²) in [6.45, 7) is 1.88. The van der Waals surface area contributed by atoms with Gasteiger partial charge in [-0.3, -0.25) is 10.1 Å². The van der Waals surface area contributed by atoms with Gasteiger partial charge in [0.1, 0.15) is 10.6 Å². The van der Waals surface area contributed by atoms with E-state index >= 15 is 0 Å². The molecule has 0 bridgehead atoms. The van der Waals surface area contributed by atoms with Crippen molar-refractivity contribution in [2.24, 2.45) is 0 Å². The van der Waals surface area contributed by atoms with Gasteiger partial charge in [-0.25, -0.2) is 4.79 Å². The summed E-state index contributed by atoms with van der Waals surface area (Å²) < 4.78 is 9.91. The predicted molar refractivity (Wildman–Crippen MR) is 86.3 cm³/mol. The molecule has 2 aromatic carbocycles. The van der Waals surface area contributed by atoms with Gasteiger partial charge in [0.2, 0.25) is 0 Å². The molecule has 6 nitrogen and oxygen atoms in total.